The summed E-state index contributed by atoms with van der Waals surface area (Å²) in [6, 6.07) is 35.0. The number of carbonyl (C=O) groups excluding carboxylic acids is 2. The summed E-state index contributed by atoms with van der Waals surface area (Å²) in [4.78, 5) is 29.6. The van der Waals surface area contributed by atoms with Gasteiger partial charge in [0.25, 0.3) is 0 Å². The number of Topliss-reactive ketones (excluding diaryl/α,β-unsaturated/α-hetero) is 1. The number of ketones is 1. The third-order valence-electron chi connectivity index (χ3n) is 6.20. The van der Waals surface area contributed by atoms with Crippen LogP contribution >= 0.6 is 0 Å². The lowest BCUT2D eigenvalue weighted by molar-refractivity contribution is -0.120. The molecule has 1 aliphatic heterocycles. The minimum Gasteiger partial charge on any atom is -0.306 e. The Hall–Kier alpha value is -4.24. The van der Waals surface area contributed by atoms with Crippen molar-refractivity contribution in [1.29, 1.82) is 0 Å². The monoisotopic (exact) mass is 443 g/mol. The first-order valence-corrected chi connectivity index (χ1v) is 11.4. The number of carbonyl (C=O) groups is 2. The van der Waals surface area contributed by atoms with Crippen LogP contribution in [0.3, 0.4) is 0 Å². The van der Waals surface area contributed by atoms with Gasteiger partial charge in [-0.3, -0.25) is 9.59 Å². The normalized spacial score (nSPS) is 16.4. The van der Waals surface area contributed by atoms with Crippen molar-refractivity contribution in [3.63, 3.8) is 0 Å². The number of fused-ring (bicyclic) bond motifs is 1. The maximum absolute atomic E-state index is 14.1. The first kappa shape index (κ1) is 21.6. The zero-order chi connectivity index (χ0) is 23.5. The molecule has 1 amide bonds. The maximum Gasteiger partial charge on any atom is 0.242 e. The number of anilines is 1. The van der Waals surface area contributed by atoms with Gasteiger partial charge in [0, 0.05) is 11.1 Å². The molecule has 0 N–H and O–H groups in total. The first-order chi connectivity index (χ1) is 16.6. The minimum absolute atomic E-state index is 0.182. The first-order valence-electron chi connectivity index (χ1n) is 11.4. The molecule has 34 heavy (non-hydrogen) atoms. The Balaban J connectivity index is 1.71. The molecule has 0 fully saturated rings. The van der Waals surface area contributed by atoms with E-state index >= 15 is 0 Å². The molecule has 4 aromatic carbocycles. The van der Waals surface area contributed by atoms with E-state index in [1.165, 1.54) is 0 Å². The quantitative estimate of drug-likeness (QED) is 0.258. The molecule has 0 bridgehead atoms. The van der Waals surface area contributed by atoms with Crippen LogP contribution in [0.5, 0.6) is 0 Å². The van der Waals surface area contributed by atoms with Crippen molar-refractivity contribution in [2.75, 3.05) is 4.90 Å². The van der Waals surface area contributed by atoms with Gasteiger partial charge in [0.2, 0.25) is 5.91 Å². The summed E-state index contributed by atoms with van der Waals surface area (Å²) in [5, 5.41) is 0. The van der Waals surface area contributed by atoms with Gasteiger partial charge in [-0.2, -0.15) is 0 Å². The number of hydrogen-bond acceptors (Lipinski definition) is 2. The Labute approximate surface area is 200 Å². The predicted molar refractivity (Wildman–Crippen MR) is 137 cm³/mol. The highest BCUT2D eigenvalue weighted by atomic mass is 16.2. The van der Waals surface area contributed by atoms with Crippen LogP contribution in [0.2, 0.25) is 0 Å². The standard InChI is InChI=1S/C31H25NO2/c1-22-17-18-28-26(19-22)27(20-23-11-5-2-6-12-23)29(30(33)25-15-9-4-10-16-25)31(34)32(28)21-24-13-7-3-8-14-24/h2-20,29H,21H2,1H3. The van der Waals surface area contributed by atoms with E-state index in [0.717, 1.165) is 33.5 Å². The van der Waals surface area contributed by atoms with E-state index in [1.807, 2.05) is 104 Å². The Kier molecular flexibility index (Phi) is 5.92. The van der Waals surface area contributed by atoms with Crippen LogP contribution in [0.15, 0.2) is 109 Å². The predicted octanol–water partition coefficient (Wildman–Crippen LogP) is 6.58. The van der Waals surface area contributed by atoms with E-state index in [0.29, 0.717) is 12.1 Å². The molecule has 1 unspecified atom stereocenters. The number of amides is 1. The molecule has 3 heteroatoms. The summed E-state index contributed by atoms with van der Waals surface area (Å²) in [5.74, 6) is -1.30. The lowest BCUT2D eigenvalue weighted by atomic mass is 9.80. The molecule has 0 saturated heterocycles. The summed E-state index contributed by atoms with van der Waals surface area (Å²) in [6.07, 6.45) is 1.99. The molecule has 1 atom stereocenters. The van der Waals surface area contributed by atoms with Crippen molar-refractivity contribution in [1.82, 2.24) is 0 Å². The molecule has 0 radical (unpaired) electrons. The van der Waals surface area contributed by atoms with Crippen LogP contribution in [-0.2, 0) is 11.3 Å². The van der Waals surface area contributed by atoms with Crippen molar-refractivity contribution in [2.45, 2.75) is 13.5 Å². The van der Waals surface area contributed by atoms with Crippen LogP contribution in [0.4, 0.5) is 5.69 Å². The summed E-state index contributed by atoms with van der Waals surface area (Å²) in [6.45, 7) is 2.44. The molecule has 0 spiro atoms. The highest BCUT2D eigenvalue weighted by Crippen LogP contribution is 2.42. The van der Waals surface area contributed by atoms with Crippen LogP contribution in [0.25, 0.3) is 11.6 Å². The molecule has 166 valence electrons. The van der Waals surface area contributed by atoms with Gasteiger partial charge < -0.3 is 4.90 Å². The van der Waals surface area contributed by atoms with E-state index in [9.17, 15) is 9.59 Å². The third kappa shape index (κ3) is 4.20. The lowest BCUT2D eigenvalue weighted by Gasteiger charge is -2.36. The second kappa shape index (κ2) is 9.32. The van der Waals surface area contributed by atoms with Gasteiger partial charge in [0.1, 0.15) is 5.92 Å². The topological polar surface area (TPSA) is 37.4 Å². The van der Waals surface area contributed by atoms with Crippen molar-refractivity contribution in [3.05, 3.63) is 137 Å². The Morgan fingerprint density at radius 1 is 0.824 bits per heavy atom. The molecule has 3 nitrogen and oxygen atoms in total. The molecule has 0 aliphatic carbocycles. The Morgan fingerprint density at radius 2 is 1.44 bits per heavy atom. The van der Waals surface area contributed by atoms with Gasteiger partial charge in [-0.1, -0.05) is 103 Å². The second-order valence-electron chi connectivity index (χ2n) is 8.60. The average Bonchev–Trinajstić information content (AvgIpc) is 2.88. The third-order valence-corrected chi connectivity index (χ3v) is 6.20. The zero-order valence-corrected chi connectivity index (χ0v) is 19.0. The van der Waals surface area contributed by atoms with Crippen molar-refractivity contribution >= 4 is 29.0 Å². The number of aryl methyl sites for hydroxylation is 1. The van der Waals surface area contributed by atoms with Gasteiger partial charge in [0.05, 0.1) is 12.2 Å². The van der Waals surface area contributed by atoms with E-state index in [-0.39, 0.29) is 11.7 Å². The fraction of sp³-hybridized carbons (Fsp3) is 0.0968. The van der Waals surface area contributed by atoms with Gasteiger partial charge in [0.15, 0.2) is 5.78 Å². The largest absolute Gasteiger partial charge is 0.306 e. The summed E-state index contributed by atoms with van der Waals surface area (Å²) in [5.41, 5.74) is 6.09. The molecule has 1 aliphatic rings. The summed E-state index contributed by atoms with van der Waals surface area (Å²) in [7, 11) is 0. The molecular formula is C31H25NO2. The molecule has 1 heterocycles. The molecule has 4 aromatic rings. The van der Waals surface area contributed by atoms with Crippen molar-refractivity contribution in [2.24, 2.45) is 5.92 Å². The highest BCUT2D eigenvalue weighted by Gasteiger charge is 2.41. The number of rotatable bonds is 5. The Morgan fingerprint density at radius 3 is 2.12 bits per heavy atom. The minimum atomic E-state index is -0.916. The van der Waals surface area contributed by atoms with Gasteiger partial charge >= 0.3 is 0 Å². The lowest BCUT2D eigenvalue weighted by Crippen LogP contribution is -2.43. The SMILES string of the molecule is Cc1ccc2c(c1)C(=Cc1ccccc1)C(C(=O)c1ccccc1)C(=O)N2Cc1ccccc1. The number of hydrogen-bond donors (Lipinski definition) is 0. The maximum atomic E-state index is 14.1. The second-order valence-corrected chi connectivity index (χ2v) is 8.60. The fourth-order valence-corrected chi connectivity index (χ4v) is 4.52. The number of nitrogens with zero attached hydrogens (tertiary/aromatic N) is 1. The van der Waals surface area contributed by atoms with Gasteiger partial charge in [-0.25, -0.2) is 0 Å². The Bertz CT molecular complexity index is 1360. The zero-order valence-electron chi connectivity index (χ0n) is 19.0. The smallest absolute Gasteiger partial charge is 0.242 e. The molecule has 0 aromatic heterocycles. The van der Waals surface area contributed by atoms with Gasteiger partial charge in [-0.05, 0) is 41.8 Å². The number of benzene rings is 4. The van der Waals surface area contributed by atoms with E-state index < -0.39 is 5.92 Å². The van der Waals surface area contributed by atoms with Crippen molar-refractivity contribution in [3.8, 4) is 0 Å². The summed E-state index contributed by atoms with van der Waals surface area (Å²) < 4.78 is 0. The van der Waals surface area contributed by atoms with E-state index in [1.54, 1.807) is 17.0 Å². The van der Waals surface area contributed by atoms with Crippen LogP contribution in [0.1, 0.15) is 32.6 Å². The van der Waals surface area contributed by atoms with E-state index in [2.05, 4.69) is 6.07 Å². The summed E-state index contributed by atoms with van der Waals surface area (Å²) >= 11 is 0. The molecule has 0 saturated carbocycles. The van der Waals surface area contributed by atoms with Crippen LogP contribution in [-0.4, -0.2) is 11.7 Å². The molecule has 5 rings (SSSR count). The van der Waals surface area contributed by atoms with E-state index in [4.69, 9.17) is 0 Å². The van der Waals surface area contributed by atoms with Crippen molar-refractivity contribution < 1.29 is 9.59 Å². The molecular weight excluding hydrogens is 418 g/mol. The van der Waals surface area contributed by atoms with Crippen LogP contribution in [0, 0.1) is 12.8 Å². The average molecular weight is 444 g/mol. The van der Waals surface area contributed by atoms with Gasteiger partial charge in [-0.15, -0.1) is 0 Å². The van der Waals surface area contributed by atoms with Crippen LogP contribution < -0.4 is 4.90 Å². The fourth-order valence-electron chi connectivity index (χ4n) is 4.52. The highest BCUT2D eigenvalue weighted by molar-refractivity contribution is 6.26.